The number of ether oxygens (including phenoxy) is 1. The maximum absolute atomic E-state index is 10.5. The highest BCUT2D eigenvalue weighted by molar-refractivity contribution is 5.84. The van der Waals surface area contributed by atoms with Crippen LogP contribution in [0.1, 0.15) is 19.8 Å². The van der Waals surface area contributed by atoms with Crippen molar-refractivity contribution in [2.75, 3.05) is 0 Å². The Hall–Kier alpha value is -0.830. The highest BCUT2D eigenvalue weighted by atomic mass is 16.6. The molecule has 0 saturated heterocycles. The number of aliphatic hydroxyl groups is 1. The molecule has 1 heterocycles. The van der Waals surface area contributed by atoms with Crippen LogP contribution in [0, 0.1) is 0 Å². The molecule has 0 bridgehead atoms. The van der Waals surface area contributed by atoms with Crippen LogP contribution in [-0.2, 0) is 9.53 Å². The molecule has 11 heavy (non-hydrogen) atoms. The molecule has 1 rings (SSSR count). The topological polar surface area (TPSA) is 46.5 Å². The molecule has 0 aromatic rings. The molecule has 0 spiro atoms. The molecule has 3 heteroatoms. The van der Waals surface area contributed by atoms with Crippen molar-refractivity contribution >= 4 is 5.97 Å². The van der Waals surface area contributed by atoms with Gasteiger partial charge in [-0.2, -0.15) is 0 Å². The number of carbonyl (C=O) groups excluding carboxylic acids is 1. The van der Waals surface area contributed by atoms with Gasteiger partial charge in [-0.1, -0.05) is 13.3 Å². The average molecular weight is 156 g/mol. The molecular formula is C8H12O3. The Morgan fingerprint density at radius 3 is 3.00 bits per heavy atom. The minimum Gasteiger partial charge on any atom is -0.452 e. The zero-order valence-electron chi connectivity index (χ0n) is 6.49. The highest BCUT2D eigenvalue weighted by Gasteiger charge is 2.23. The number of esters is 1. The Balaban J connectivity index is 2.37. The first kappa shape index (κ1) is 8.27. The standard InChI is InChI=1S/C8H12O3/c1-2-3-6(9)7-4-5-8(10)11-7/h4-7,9H,2-3H2,1H3. The van der Waals surface area contributed by atoms with E-state index in [4.69, 9.17) is 4.74 Å². The van der Waals surface area contributed by atoms with Crippen LogP contribution in [0.4, 0.5) is 0 Å². The van der Waals surface area contributed by atoms with Crippen molar-refractivity contribution in [3.8, 4) is 0 Å². The monoisotopic (exact) mass is 156 g/mol. The lowest BCUT2D eigenvalue weighted by molar-refractivity contribution is -0.142. The van der Waals surface area contributed by atoms with Gasteiger partial charge in [0.25, 0.3) is 0 Å². The number of hydrogen-bond donors (Lipinski definition) is 1. The van der Waals surface area contributed by atoms with Crippen molar-refractivity contribution in [3.63, 3.8) is 0 Å². The lowest BCUT2D eigenvalue weighted by Crippen LogP contribution is -2.25. The number of aliphatic hydroxyl groups excluding tert-OH is 1. The van der Waals surface area contributed by atoms with Gasteiger partial charge in [0.2, 0.25) is 0 Å². The Bertz CT molecular complexity index is 174. The number of carbonyl (C=O) groups is 1. The Morgan fingerprint density at radius 1 is 1.82 bits per heavy atom. The summed E-state index contributed by atoms with van der Waals surface area (Å²) in [6, 6.07) is 0. The van der Waals surface area contributed by atoms with E-state index in [1.165, 1.54) is 6.08 Å². The Kier molecular flexibility index (Phi) is 2.65. The highest BCUT2D eigenvalue weighted by Crippen LogP contribution is 2.12. The minimum atomic E-state index is -0.539. The van der Waals surface area contributed by atoms with Crippen molar-refractivity contribution in [1.29, 1.82) is 0 Å². The smallest absolute Gasteiger partial charge is 0.331 e. The SMILES string of the molecule is CCCC(O)C1C=CC(=O)O1. The van der Waals surface area contributed by atoms with Crippen molar-refractivity contribution in [1.82, 2.24) is 0 Å². The second-order valence-electron chi connectivity index (χ2n) is 2.62. The largest absolute Gasteiger partial charge is 0.452 e. The fourth-order valence-corrected chi connectivity index (χ4v) is 1.05. The average Bonchev–Trinajstić information content (AvgIpc) is 2.36. The molecule has 1 aliphatic heterocycles. The van der Waals surface area contributed by atoms with E-state index in [2.05, 4.69) is 0 Å². The second-order valence-corrected chi connectivity index (χ2v) is 2.62. The van der Waals surface area contributed by atoms with Crippen LogP contribution in [0.5, 0.6) is 0 Å². The maximum atomic E-state index is 10.5. The van der Waals surface area contributed by atoms with Crippen LogP contribution in [0.25, 0.3) is 0 Å². The summed E-state index contributed by atoms with van der Waals surface area (Å²) >= 11 is 0. The summed E-state index contributed by atoms with van der Waals surface area (Å²) in [5, 5.41) is 9.34. The Morgan fingerprint density at radius 2 is 2.55 bits per heavy atom. The molecule has 62 valence electrons. The third-order valence-corrected chi connectivity index (χ3v) is 1.64. The molecule has 0 radical (unpaired) electrons. The second kappa shape index (κ2) is 3.53. The normalized spacial score (nSPS) is 25.3. The molecule has 0 fully saturated rings. The van der Waals surface area contributed by atoms with E-state index in [-0.39, 0.29) is 5.97 Å². The van der Waals surface area contributed by atoms with Gasteiger partial charge in [-0.05, 0) is 12.5 Å². The van der Waals surface area contributed by atoms with Crippen LogP contribution in [-0.4, -0.2) is 23.3 Å². The summed E-state index contributed by atoms with van der Waals surface area (Å²) in [6.07, 6.45) is 3.56. The van der Waals surface area contributed by atoms with E-state index in [0.29, 0.717) is 6.42 Å². The van der Waals surface area contributed by atoms with Gasteiger partial charge in [0.1, 0.15) is 6.10 Å². The quantitative estimate of drug-likeness (QED) is 0.609. The summed E-state index contributed by atoms with van der Waals surface area (Å²) in [7, 11) is 0. The van der Waals surface area contributed by atoms with Crippen molar-refractivity contribution in [2.45, 2.75) is 32.0 Å². The minimum absolute atomic E-state index is 0.356. The van der Waals surface area contributed by atoms with Gasteiger partial charge in [-0.3, -0.25) is 0 Å². The van der Waals surface area contributed by atoms with Crippen LogP contribution >= 0.6 is 0 Å². The number of cyclic esters (lactones) is 1. The summed E-state index contributed by atoms with van der Waals surface area (Å²) < 4.78 is 4.78. The van der Waals surface area contributed by atoms with Crippen LogP contribution < -0.4 is 0 Å². The maximum Gasteiger partial charge on any atom is 0.331 e. The molecule has 3 nitrogen and oxygen atoms in total. The predicted octanol–water partition coefficient (Wildman–Crippen LogP) is 0.629. The predicted molar refractivity (Wildman–Crippen MR) is 39.9 cm³/mol. The van der Waals surface area contributed by atoms with Crippen molar-refractivity contribution < 1.29 is 14.6 Å². The molecule has 0 saturated carbocycles. The van der Waals surface area contributed by atoms with Crippen LogP contribution in [0.2, 0.25) is 0 Å². The van der Waals surface area contributed by atoms with Gasteiger partial charge in [-0.25, -0.2) is 4.79 Å². The lowest BCUT2D eigenvalue weighted by atomic mass is 10.1. The summed E-state index contributed by atoms with van der Waals surface area (Å²) in [4.78, 5) is 10.5. The third-order valence-electron chi connectivity index (χ3n) is 1.64. The fourth-order valence-electron chi connectivity index (χ4n) is 1.05. The molecule has 2 atom stereocenters. The number of hydrogen-bond acceptors (Lipinski definition) is 3. The first-order valence-corrected chi connectivity index (χ1v) is 3.81. The molecule has 0 aliphatic carbocycles. The van der Waals surface area contributed by atoms with E-state index >= 15 is 0 Å². The van der Waals surface area contributed by atoms with Gasteiger partial charge in [0.05, 0.1) is 6.10 Å². The Labute approximate surface area is 65.7 Å². The lowest BCUT2D eigenvalue weighted by Gasteiger charge is -2.14. The van der Waals surface area contributed by atoms with E-state index in [1.54, 1.807) is 6.08 Å². The van der Waals surface area contributed by atoms with E-state index < -0.39 is 12.2 Å². The van der Waals surface area contributed by atoms with E-state index in [9.17, 15) is 9.90 Å². The van der Waals surface area contributed by atoms with Crippen LogP contribution in [0.15, 0.2) is 12.2 Å². The molecule has 1 aliphatic rings. The summed E-state index contributed by atoms with van der Waals surface area (Å²) in [6.45, 7) is 1.98. The zero-order valence-corrected chi connectivity index (χ0v) is 6.49. The van der Waals surface area contributed by atoms with Gasteiger partial charge in [0, 0.05) is 6.08 Å². The zero-order chi connectivity index (χ0) is 8.27. The molecule has 1 N–H and O–H groups in total. The van der Waals surface area contributed by atoms with Crippen molar-refractivity contribution in [3.05, 3.63) is 12.2 Å². The van der Waals surface area contributed by atoms with Gasteiger partial charge in [-0.15, -0.1) is 0 Å². The van der Waals surface area contributed by atoms with Gasteiger partial charge >= 0.3 is 5.97 Å². The van der Waals surface area contributed by atoms with Gasteiger partial charge < -0.3 is 9.84 Å². The molecular weight excluding hydrogens is 144 g/mol. The third kappa shape index (κ3) is 2.05. The summed E-state index contributed by atoms with van der Waals surface area (Å²) in [5.74, 6) is -0.356. The molecule has 0 aromatic carbocycles. The first-order valence-electron chi connectivity index (χ1n) is 3.81. The molecule has 2 unspecified atom stereocenters. The fraction of sp³-hybridized carbons (Fsp3) is 0.625. The van der Waals surface area contributed by atoms with Crippen LogP contribution in [0.3, 0.4) is 0 Å². The molecule has 0 aromatic heterocycles. The first-order chi connectivity index (χ1) is 5.24. The van der Waals surface area contributed by atoms with Gasteiger partial charge in [0.15, 0.2) is 0 Å². The van der Waals surface area contributed by atoms with Crippen molar-refractivity contribution in [2.24, 2.45) is 0 Å². The van der Waals surface area contributed by atoms with E-state index in [0.717, 1.165) is 6.42 Å². The van der Waals surface area contributed by atoms with E-state index in [1.807, 2.05) is 6.92 Å². The molecule has 0 amide bonds. The summed E-state index contributed by atoms with van der Waals surface area (Å²) in [5.41, 5.74) is 0. The number of rotatable bonds is 3.